The lowest BCUT2D eigenvalue weighted by Gasteiger charge is -2.56. The Bertz CT molecular complexity index is 1450. The molecule has 2 heterocycles. The lowest BCUT2D eigenvalue weighted by Crippen LogP contribution is -2.60. The number of urea groups is 1. The maximum Gasteiger partial charge on any atom is 0.319 e. The smallest absolute Gasteiger partial charge is 0.319 e. The fraction of sp³-hybridized carbons (Fsp3) is 0.484. The third-order valence-corrected chi connectivity index (χ3v) is 9.68. The summed E-state index contributed by atoms with van der Waals surface area (Å²) in [5.41, 5.74) is 4.82. The number of nitrogens with one attached hydrogen (secondary N) is 4. The van der Waals surface area contributed by atoms with Crippen LogP contribution in [-0.2, 0) is 22.4 Å². The molecule has 0 atom stereocenters. The number of anilines is 2. The number of aryl methyl sites for hydroxylation is 1. The number of benzene rings is 1. The number of aromatic amines is 1. The van der Waals surface area contributed by atoms with Crippen molar-refractivity contribution in [1.29, 1.82) is 0 Å². The number of H-pyrrole nitrogens is 1. The van der Waals surface area contributed by atoms with E-state index in [0.29, 0.717) is 52.2 Å². The van der Waals surface area contributed by atoms with Crippen LogP contribution < -0.4 is 16.0 Å². The molecule has 4 fully saturated rings. The first kappa shape index (κ1) is 25.1. The van der Waals surface area contributed by atoms with Crippen LogP contribution >= 0.6 is 0 Å². The van der Waals surface area contributed by atoms with E-state index in [1.54, 1.807) is 24.3 Å². The van der Waals surface area contributed by atoms with Crippen molar-refractivity contribution in [2.24, 2.45) is 17.8 Å². The Morgan fingerprint density at radius 3 is 2.48 bits per heavy atom. The minimum absolute atomic E-state index is 0.00957. The van der Waals surface area contributed by atoms with Crippen molar-refractivity contribution in [3.05, 3.63) is 46.3 Å². The predicted octanol–water partition coefficient (Wildman–Crippen LogP) is 5.13. The first-order chi connectivity index (χ1) is 19.2. The number of carbonyl (C=O) groups is 4. The number of aliphatic carboxylic acids is 1. The van der Waals surface area contributed by atoms with Gasteiger partial charge in [0.05, 0.1) is 5.57 Å². The van der Waals surface area contributed by atoms with Gasteiger partial charge in [0.25, 0.3) is 5.91 Å². The summed E-state index contributed by atoms with van der Waals surface area (Å²) in [5, 5.41) is 18.5. The quantitative estimate of drug-likeness (QED) is 0.322. The van der Waals surface area contributed by atoms with Crippen molar-refractivity contribution in [3.8, 4) is 0 Å². The zero-order valence-electron chi connectivity index (χ0n) is 22.4. The molecule has 1 aliphatic heterocycles. The molecular formula is C31H34N4O5. The number of rotatable bonds is 6. The van der Waals surface area contributed by atoms with Crippen LogP contribution in [0, 0.1) is 17.8 Å². The van der Waals surface area contributed by atoms with Crippen LogP contribution in [0.2, 0.25) is 0 Å². The Labute approximate surface area is 232 Å². The van der Waals surface area contributed by atoms with E-state index in [1.807, 2.05) is 0 Å². The van der Waals surface area contributed by atoms with Crippen LogP contribution in [0.1, 0.15) is 90.7 Å². The third-order valence-electron chi connectivity index (χ3n) is 9.68. The van der Waals surface area contributed by atoms with Crippen LogP contribution in [0.15, 0.2) is 18.2 Å². The number of amides is 3. The molecular weight excluding hydrogens is 508 g/mol. The molecule has 4 saturated carbocycles. The topological polar surface area (TPSA) is 140 Å². The first-order valence-electron chi connectivity index (χ1n) is 14.5. The van der Waals surface area contributed by atoms with Crippen LogP contribution in [0.3, 0.4) is 0 Å². The van der Waals surface area contributed by atoms with Gasteiger partial charge in [-0.1, -0.05) is 0 Å². The lowest BCUT2D eigenvalue weighted by atomic mass is 9.53. The van der Waals surface area contributed by atoms with E-state index in [0.717, 1.165) is 49.1 Å². The van der Waals surface area contributed by atoms with Crippen LogP contribution in [0.25, 0.3) is 11.6 Å². The lowest BCUT2D eigenvalue weighted by molar-refractivity contribution is -0.137. The van der Waals surface area contributed by atoms with Gasteiger partial charge >= 0.3 is 12.0 Å². The van der Waals surface area contributed by atoms with E-state index in [2.05, 4.69) is 20.9 Å². The summed E-state index contributed by atoms with van der Waals surface area (Å²) < 4.78 is 0. The van der Waals surface area contributed by atoms with Crippen LogP contribution in [0.4, 0.5) is 16.2 Å². The second-order valence-electron chi connectivity index (χ2n) is 12.6. The van der Waals surface area contributed by atoms with Gasteiger partial charge in [0.2, 0.25) is 0 Å². The molecule has 208 valence electrons. The molecule has 5 aliphatic carbocycles. The molecule has 0 spiro atoms. The number of hydrogen-bond acceptors (Lipinski definition) is 4. The zero-order valence-corrected chi connectivity index (χ0v) is 22.4. The monoisotopic (exact) mass is 542 g/mol. The highest BCUT2D eigenvalue weighted by atomic mass is 16.4. The van der Waals surface area contributed by atoms with Crippen molar-refractivity contribution < 1.29 is 24.3 Å². The molecule has 40 heavy (non-hydrogen) atoms. The highest BCUT2D eigenvalue weighted by Crippen LogP contribution is 2.55. The van der Waals surface area contributed by atoms with Crippen molar-refractivity contribution in [1.82, 2.24) is 10.3 Å². The second-order valence-corrected chi connectivity index (χ2v) is 12.6. The van der Waals surface area contributed by atoms with E-state index in [4.69, 9.17) is 0 Å². The second kappa shape index (κ2) is 9.35. The van der Waals surface area contributed by atoms with E-state index in [1.165, 1.54) is 19.3 Å². The summed E-state index contributed by atoms with van der Waals surface area (Å²) in [7, 11) is 0. The molecule has 4 bridgehead atoms. The standard InChI is InChI=1S/C31H34N4O5/c36-26-3-1-2-24-28(26)20(5-7-27(37)38)25(33-24)12-22-21-11-19(4-6-23(21)34-29(22)39)32-30(40)35-31-13-16-8-17(14-31)10-18(9-16)15-31/h4,6,11-12,16-18,33H,1-3,5,7-10,13-15H2,(H,34,39)(H,37,38)(H2,32,35,40)/b22-12-. The van der Waals surface area contributed by atoms with Gasteiger partial charge in [0, 0.05) is 52.3 Å². The van der Waals surface area contributed by atoms with Gasteiger partial charge < -0.3 is 26.0 Å². The zero-order chi connectivity index (χ0) is 27.6. The van der Waals surface area contributed by atoms with E-state index in [-0.39, 0.29) is 36.1 Å². The Kier molecular flexibility index (Phi) is 5.87. The van der Waals surface area contributed by atoms with Crippen molar-refractivity contribution in [2.45, 2.75) is 76.2 Å². The molecule has 1 aromatic carbocycles. The van der Waals surface area contributed by atoms with Gasteiger partial charge in [0.1, 0.15) is 0 Å². The van der Waals surface area contributed by atoms with Crippen LogP contribution in [0.5, 0.6) is 0 Å². The van der Waals surface area contributed by atoms with E-state index >= 15 is 0 Å². The molecule has 1 aromatic heterocycles. The molecule has 3 amide bonds. The number of aromatic nitrogens is 1. The predicted molar refractivity (Wildman–Crippen MR) is 150 cm³/mol. The molecule has 9 heteroatoms. The summed E-state index contributed by atoms with van der Waals surface area (Å²) in [5.74, 6) is 0.967. The fourth-order valence-electron chi connectivity index (χ4n) is 8.53. The van der Waals surface area contributed by atoms with Gasteiger partial charge in [-0.2, -0.15) is 0 Å². The molecule has 0 saturated heterocycles. The van der Waals surface area contributed by atoms with Gasteiger partial charge in [-0.05, 0) is 105 Å². The van der Waals surface area contributed by atoms with E-state index < -0.39 is 5.97 Å². The minimum Gasteiger partial charge on any atom is -0.481 e. The largest absolute Gasteiger partial charge is 0.481 e. The van der Waals surface area contributed by atoms with Crippen LogP contribution in [-0.4, -0.2) is 39.3 Å². The molecule has 6 aliphatic rings. The highest BCUT2D eigenvalue weighted by molar-refractivity contribution is 6.35. The number of hydrogen-bond donors (Lipinski definition) is 5. The number of ketones is 1. The average Bonchev–Trinajstić information content (AvgIpc) is 3.39. The maximum absolute atomic E-state index is 13.1. The summed E-state index contributed by atoms with van der Waals surface area (Å²) in [6.45, 7) is 0. The number of fused-ring (bicyclic) bond motifs is 2. The number of carboxylic acids is 1. The fourth-order valence-corrected chi connectivity index (χ4v) is 8.53. The Balaban J connectivity index is 1.15. The molecule has 2 aromatic rings. The van der Waals surface area contributed by atoms with Gasteiger partial charge in [0.15, 0.2) is 5.78 Å². The average molecular weight is 543 g/mol. The Morgan fingerprint density at radius 1 is 1.05 bits per heavy atom. The molecule has 0 unspecified atom stereocenters. The Morgan fingerprint density at radius 2 is 1.77 bits per heavy atom. The minimum atomic E-state index is -0.941. The molecule has 0 radical (unpaired) electrons. The maximum atomic E-state index is 13.1. The number of carboxylic acid groups (broad SMARTS) is 1. The number of carbonyl (C=O) groups excluding carboxylic acids is 3. The van der Waals surface area contributed by atoms with Gasteiger partial charge in [-0.25, -0.2) is 4.79 Å². The Hall–Kier alpha value is -3.88. The van der Waals surface area contributed by atoms with Gasteiger partial charge in [-0.3, -0.25) is 14.4 Å². The van der Waals surface area contributed by atoms with Crippen molar-refractivity contribution >= 4 is 46.7 Å². The third kappa shape index (κ3) is 4.41. The van der Waals surface area contributed by atoms with Gasteiger partial charge in [-0.15, -0.1) is 0 Å². The summed E-state index contributed by atoms with van der Waals surface area (Å²) in [6, 6.07) is 5.15. The highest BCUT2D eigenvalue weighted by Gasteiger charge is 2.51. The molecule has 9 nitrogen and oxygen atoms in total. The molecule has 8 rings (SSSR count). The van der Waals surface area contributed by atoms with E-state index in [9.17, 15) is 24.3 Å². The normalized spacial score (nSPS) is 28.8. The summed E-state index contributed by atoms with van der Waals surface area (Å²) in [4.78, 5) is 53.5. The number of Topliss-reactive ketones (excluding diaryl/α,β-unsaturated/α-hetero) is 1. The SMILES string of the molecule is O=C(O)CCc1c(/C=C2\C(=O)Nc3ccc(NC(=O)NC45CC6CC(CC(C6)C4)C5)cc32)[nH]c2c1C(=O)CCC2. The van der Waals surface area contributed by atoms with Crippen molar-refractivity contribution in [3.63, 3.8) is 0 Å². The molecule has 5 N–H and O–H groups in total. The summed E-state index contributed by atoms with van der Waals surface area (Å²) >= 11 is 0. The summed E-state index contributed by atoms with van der Waals surface area (Å²) in [6.07, 6.45) is 10.8. The van der Waals surface area contributed by atoms with Crippen molar-refractivity contribution in [2.75, 3.05) is 10.6 Å². The first-order valence-corrected chi connectivity index (χ1v) is 14.5.